The van der Waals surface area contributed by atoms with Gasteiger partial charge in [-0.2, -0.15) is 0 Å². The zero-order valence-corrected chi connectivity index (χ0v) is 14.8. The van der Waals surface area contributed by atoms with Crippen molar-refractivity contribution in [3.8, 4) is 0 Å². The molecule has 2 N–H and O–H groups in total. The SMILES string of the molecule is CNCc1cc(S(=O)(=O)NC2C(C)(C)C2(C)C)c(Br)o1. The van der Waals surface area contributed by atoms with Gasteiger partial charge >= 0.3 is 0 Å². The molecule has 0 saturated heterocycles. The molecule has 0 aromatic carbocycles. The number of hydrogen-bond acceptors (Lipinski definition) is 4. The first-order chi connectivity index (χ1) is 9.04. The molecule has 7 heteroatoms. The normalized spacial score (nSPS) is 21.1. The van der Waals surface area contributed by atoms with E-state index in [9.17, 15) is 8.42 Å². The van der Waals surface area contributed by atoms with Crippen molar-refractivity contribution >= 4 is 26.0 Å². The smallest absolute Gasteiger partial charge is 0.245 e. The molecule has 0 unspecified atom stereocenters. The highest BCUT2D eigenvalue weighted by molar-refractivity contribution is 9.10. The third-order valence-corrected chi connectivity index (χ3v) is 6.92. The number of sulfonamides is 1. The minimum absolute atomic E-state index is 0.0515. The lowest BCUT2D eigenvalue weighted by Gasteiger charge is -2.06. The summed E-state index contributed by atoms with van der Waals surface area (Å²) < 4.78 is 33.4. The maximum Gasteiger partial charge on any atom is 0.245 e. The van der Waals surface area contributed by atoms with Crippen molar-refractivity contribution in [2.45, 2.75) is 45.2 Å². The molecular weight excluding hydrogens is 344 g/mol. The van der Waals surface area contributed by atoms with Gasteiger partial charge in [0.1, 0.15) is 10.7 Å². The number of furan rings is 1. The number of rotatable bonds is 5. The van der Waals surface area contributed by atoms with E-state index in [1.54, 1.807) is 13.1 Å². The second-order valence-electron chi connectivity index (χ2n) is 6.38. The van der Waals surface area contributed by atoms with Gasteiger partial charge in [0.25, 0.3) is 0 Å². The van der Waals surface area contributed by atoms with Crippen LogP contribution in [0.1, 0.15) is 33.5 Å². The monoisotopic (exact) mass is 364 g/mol. The molecule has 1 aromatic rings. The van der Waals surface area contributed by atoms with Crippen LogP contribution >= 0.6 is 15.9 Å². The van der Waals surface area contributed by atoms with Gasteiger partial charge in [0.15, 0.2) is 4.67 Å². The average Bonchev–Trinajstić information content (AvgIpc) is 2.64. The Balaban J connectivity index is 2.24. The molecule has 2 rings (SSSR count). The van der Waals surface area contributed by atoms with Gasteiger partial charge in [0, 0.05) is 12.1 Å². The summed E-state index contributed by atoms with van der Waals surface area (Å²) in [5, 5.41) is 2.93. The average molecular weight is 365 g/mol. The van der Waals surface area contributed by atoms with Gasteiger partial charge in [0.2, 0.25) is 10.0 Å². The van der Waals surface area contributed by atoms with Gasteiger partial charge in [0.05, 0.1) is 6.54 Å². The van der Waals surface area contributed by atoms with Crippen molar-refractivity contribution in [1.29, 1.82) is 0 Å². The molecule has 1 aromatic heterocycles. The summed E-state index contributed by atoms with van der Waals surface area (Å²) in [5.41, 5.74) is -0.103. The molecule has 1 fully saturated rings. The van der Waals surface area contributed by atoms with Crippen molar-refractivity contribution in [3.63, 3.8) is 0 Å². The molecule has 1 saturated carbocycles. The first-order valence-corrected chi connectivity index (χ1v) is 8.77. The Morgan fingerprint density at radius 3 is 2.30 bits per heavy atom. The van der Waals surface area contributed by atoms with Gasteiger partial charge < -0.3 is 9.73 Å². The molecule has 0 radical (unpaired) electrons. The predicted octanol–water partition coefficient (Wildman–Crippen LogP) is 2.47. The van der Waals surface area contributed by atoms with E-state index in [4.69, 9.17) is 4.42 Å². The van der Waals surface area contributed by atoms with Crippen LogP contribution in [0.15, 0.2) is 20.0 Å². The summed E-state index contributed by atoms with van der Waals surface area (Å²) in [7, 11) is -1.81. The highest BCUT2D eigenvalue weighted by Gasteiger charge is 2.66. The van der Waals surface area contributed by atoms with Crippen molar-refractivity contribution in [1.82, 2.24) is 10.0 Å². The zero-order valence-electron chi connectivity index (χ0n) is 12.4. The quantitative estimate of drug-likeness (QED) is 0.841. The lowest BCUT2D eigenvalue weighted by atomic mass is 10.0. The van der Waals surface area contributed by atoms with E-state index in [-0.39, 0.29) is 26.4 Å². The van der Waals surface area contributed by atoms with Gasteiger partial charge in [-0.15, -0.1) is 0 Å². The fraction of sp³-hybridized carbons (Fsp3) is 0.692. The summed E-state index contributed by atoms with van der Waals surface area (Å²) in [6.07, 6.45) is 0. The van der Waals surface area contributed by atoms with Gasteiger partial charge in [-0.1, -0.05) is 27.7 Å². The fourth-order valence-corrected chi connectivity index (χ4v) is 5.08. The fourth-order valence-electron chi connectivity index (χ4n) is 2.55. The van der Waals surface area contributed by atoms with Crippen molar-refractivity contribution in [2.75, 3.05) is 7.05 Å². The summed E-state index contributed by atoms with van der Waals surface area (Å²) in [5.74, 6) is 0.578. The molecule has 1 aliphatic carbocycles. The van der Waals surface area contributed by atoms with Crippen LogP contribution in [0, 0.1) is 10.8 Å². The number of halogens is 1. The first-order valence-electron chi connectivity index (χ1n) is 6.49. The van der Waals surface area contributed by atoms with E-state index in [0.717, 1.165) is 0 Å². The van der Waals surface area contributed by atoms with Gasteiger partial charge in [-0.25, -0.2) is 13.1 Å². The third-order valence-electron chi connectivity index (χ3n) is 4.64. The van der Waals surface area contributed by atoms with E-state index in [1.807, 2.05) is 0 Å². The Morgan fingerprint density at radius 1 is 1.30 bits per heavy atom. The van der Waals surface area contributed by atoms with Crippen LogP contribution in [0.25, 0.3) is 0 Å². The molecule has 114 valence electrons. The summed E-state index contributed by atoms with van der Waals surface area (Å²) in [4.78, 5) is 0.154. The lowest BCUT2D eigenvalue weighted by molar-refractivity contribution is 0.457. The van der Waals surface area contributed by atoms with Gasteiger partial charge in [-0.05, 0) is 33.8 Å². The van der Waals surface area contributed by atoms with Crippen molar-refractivity contribution in [3.05, 3.63) is 16.5 Å². The molecule has 0 amide bonds. The standard InChI is InChI=1S/C13H21BrN2O3S/c1-12(2)11(13(12,3)4)16-20(17,18)9-6-8(7-15-5)19-10(9)14/h6,11,15-16H,7H2,1-5H3. The molecule has 20 heavy (non-hydrogen) atoms. The number of hydrogen-bond donors (Lipinski definition) is 2. The topological polar surface area (TPSA) is 71.3 Å². The van der Waals surface area contributed by atoms with Crippen LogP contribution < -0.4 is 10.0 Å². The minimum atomic E-state index is -3.59. The molecule has 0 atom stereocenters. The Labute approximate surface area is 128 Å². The van der Waals surface area contributed by atoms with Crippen LogP contribution in [0.4, 0.5) is 0 Å². The first kappa shape index (κ1) is 16.0. The Morgan fingerprint density at radius 2 is 1.85 bits per heavy atom. The summed E-state index contributed by atoms with van der Waals surface area (Å²) >= 11 is 3.18. The molecule has 1 heterocycles. The zero-order chi connectivity index (χ0) is 15.3. The van der Waals surface area contributed by atoms with Crippen molar-refractivity contribution < 1.29 is 12.8 Å². The van der Waals surface area contributed by atoms with E-state index in [0.29, 0.717) is 12.3 Å². The van der Waals surface area contributed by atoms with Gasteiger partial charge in [-0.3, -0.25) is 0 Å². The maximum absolute atomic E-state index is 12.5. The van der Waals surface area contributed by atoms with Crippen LogP contribution in [-0.2, 0) is 16.6 Å². The summed E-state index contributed by atoms with van der Waals surface area (Å²) in [6.45, 7) is 8.75. The molecule has 0 bridgehead atoms. The Kier molecular flexibility index (Phi) is 3.86. The highest BCUT2D eigenvalue weighted by atomic mass is 79.9. The highest BCUT2D eigenvalue weighted by Crippen LogP contribution is 2.63. The minimum Gasteiger partial charge on any atom is -0.452 e. The van der Waals surface area contributed by atoms with Crippen LogP contribution in [-0.4, -0.2) is 21.5 Å². The number of nitrogens with one attached hydrogen (secondary N) is 2. The second kappa shape index (κ2) is 4.83. The Hall–Kier alpha value is -0.370. The van der Waals surface area contributed by atoms with Crippen molar-refractivity contribution in [2.24, 2.45) is 10.8 Å². The lowest BCUT2D eigenvalue weighted by Crippen LogP contribution is -2.29. The van der Waals surface area contributed by atoms with E-state index < -0.39 is 10.0 Å². The second-order valence-corrected chi connectivity index (χ2v) is 8.78. The van der Waals surface area contributed by atoms with E-state index in [2.05, 4.69) is 53.7 Å². The third kappa shape index (κ3) is 2.45. The molecule has 0 spiro atoms. The Bertz CT molecular complexity index is 606. The molecular formula is C13H21BrN2O3S. The van der Waals surface area contributed by atoms with Crippen LogP contribution in [0.3, 0.4) is 0 Å². The molecule has 1 aliphatic rings. The maximum atomic E-state index is 12.5. The van der Waals surface area contributed by atoms with Crippen LogP contribution in [0.5, 0.6) is 0 Å². The largest absolute Gasteiger partial charge is 0.452 e. The summed E-state index contributed by atoms with van der Waals surface area (Å²) in [6, 6.07) is 1.47. The predicted molar refractivity (Wildman–Crippen MR) is 80.8 cm³/mol. The van der Waals surface area contributed by atoms with E-state index in [1.165, 1.54) is 0 Å². The molecule has 5 nitrogen and oxygen atoms in total. The molecule has 0 aliphatic heterocycles. The van der Waals surface area contributed by atoms with Crippen LogP contribution in [0.2, 0.25) is 0 Å². The van der Waals surface area contributed by atoms with E-state index >= 15 is 0 Å².